The van der Waals surface area contributed by atoms with Gasteiger partial charge in [0.05, 0.1) is 12.6 Å². The van der Waals surface area contributed by atoms with Crippen LogP contribution < -0.4 is 10.5 Å². The van der Waals surface area contributed by atoms with Crippen LogP contribution in [0.5, 0.6) is 5.75 Å². The lowest BCUT2D eigenvalue weighted by Crippen LogP contribution is -2.55. The molecule has 0 saturated carbocycles. The van der Waals surface area contributed by atoms with Gasteiger partial charge in [-0.3, -0.25) is 9.69 Å². The average Bonchev–Trinajstić information content (AvgIpc) is 2.89. The number of carbonyl (C=O) groups excluding carboxylic acids is 1. The van der Waals surface area contributed by atoms with Gasteiger partial charge in [-0.2, -0.15) is 0 Å². The molecule has 2 aliphatic heterocycles. The number of piperidine rings is 1. The summed E-state index contributed by atoms with van der Waals surface area (Å²) in [5.74, 6) is 1.38. The number of amides is 1. The summed E-state index contributed by atoms with van der Waals surface area (Å²) in [5.41, 5.74) is 9.10. The Morgan fingerprint density at radius 3 is 2.32 bits per heavy atom. The average molecular weight is 465 g/mol. The maximum absolute atomic E-state index is 13.1. The second kappa shape index (κ2) is 12.3. The van der Waals surface area contributed by atoms with Crippen LogP contribution in [-0.4, -0.2) is 79.1 Å². The molecule has 6 nitrogen and oxygen atoms in total. The van der Waals surface area contributed by atoms with Crippen molar-refractivity contribution in [2.45, 2.75) is 38.8 Å². The third-order valence-corrected chi connectivity index (χ3v) is 7.34. The molecule has 2 aromatic carbocycles. The maximum atomic E-state index is 13.1. The molecule has 6 heteroatoms. The van der Waals surface area contributed by atoms with Crippen molar-refractivity contribution in [3.8, 4) is 5.75 Å². The van der Waals surface area contributed by atoms with E-state index in [1.54, 1.807) is 0 Å². The number of rotatable bonds is 9. The number of carbonyl (C=O) groups is 1. The number of piperazine rings is 1. The Bertz CT molecular complexity index is 890. The topological polar surface area (TPSA) is 62.0 Å². The van der Waals surface area contributed by atoms with E-state index in [2.05, 4.69) is 52.3 Å². The van der Waals surface area contributed by atoms with E-state index in [0.29, 0.717) is 6.61 Å². The summed E-state index contributed by atoms with van der Waals surface area (Å²) in [6.45, 7) is 9.92. The fourth-order valence-corrected chi connectivity index (χ4v) is 5.18. The fourth-order valence-electron chi connectivity index (χ4n) is 5.18. The second-order valence-electron chi connectivity index (χ2n) is 9.58. The number of nitrogens with zero attached hydrogens (tertiary/aromatic N) is 3. The molecule has 34 heavy (non-hydrogen) atoms. The first-order valence-corrected chi connectivity index (χ1v) is 12.9. The normalized spacial score (nSPS) is 19.2. The van der Waals surface area contributed by atoms with E-state index in [1.165, 1.54) is 11.1 Å². The van der Waals surface area contributed by atoms with Gasteiger partial charge in [0.1, 0.15) is 5.75 Å². The number of likely N-dealkylation sites (tertiary alicyclic amines) is 1. The van der Waals surface area contributed by atoms with Crippen LogP contribution in [-0.2, 0) is 17.8 Å². The van der Waals surface area contributed by atoms with Crippen LogP contribution in [0.4, 0.5) is 0 Å². The summed E-state index contributed by atoms with van der Waals surface area (Å²) in [7, 11) is 0. The first-order valence-electron chi connectivity index (χ1n) is 12.9. The third-order valence-electron chi connectivity index (χ3n) is 7.34. The van der Waals surface area contributed by atoms with Gasteiger partial charge in [0.25, 0.3) is 0 Å². The maximum Gasteiger partial charge on any atom is 0.239 e. The van der Waals surface area contributed by atoms with Crippen molar-refractivity contribution >= 4 is 5.91 Å². The van der Waals surface area contributed by atoms with Crippen LogP contribution in [0.25, 0.3) is 0 Å². The second-order valence-corrected chi connectivity index (χ2v) is 9.58. The van der Waals surface area contributed by atoms with Crippen molar-refractivity contribution in [3.05, 3.63) is 65.7 Å². The van der Waals surface area contributed by atoms with Crippen molar-refractivity contribution in [2.75, 3.05) is 52.4 Å². The Hall–Kier alpha value is -2.41. The van der Waals surface area contributed by atoms with Gasteiger partial charge in [-0.15, -0.1) is 0 Å². The third kappa shape index (κ3) is 6.59. The van der Waals surface area contributed by atoms with Crippen molar-refractivity contribution in [1.29, 1.82) is 0 Å². The fraction of sp³-hybridized carbons (Fsp3) is 0.536. The van der Waals surface area contributed by atoms with Crippen LogP contribution in [0.3, 0.4) is 0 Å². The van der Waals surface area contributed by atoms with Crippen molar-refractivity contribution in [1.82, 2.24) is 14.7 Å². The Labute approximate surface area is 204 Å². The molecule has 1 amide bonds. The highest BCUT2D eigenvalue weighted by Crippen LogP contribution is 2.23. The monoisotopic (exact) mass is 464 g/mol. The summed E-state index contributed by atoms with van der Waals surface area (Å²) in [4.78, 5) is 20.0. The van der Waals surface area contributed by atoms with Gasteiger partial charge in [0.2, 0.25) is 5.91 Å². The SMILES string of the molecule is CCOc1ccccc1CN1CCN(C(=O)[C@H](N)C2CCN(CCc3ccccc3)CC2)CC1. The first kappa shape index (κ1) is 24.7. The zero-order valence-corrected chi connectivity index (χ0v) is 20.6. The minimum atomic E-state index is -0.374. The lowest BCUT2D eigenvalue weighted by molar-refractivity contribution is -0.136. The smallest absolute Gasteiger partial charge is 0.239 e. The Kier molecular flexibility index (Phi) is 8.97. The van der Waals surface area contributed by atoms with Crippen LogP contribution in [0.1, 0.15) is 30.9 Å². The molecule has 0 bridgehead atoms. The van der Waals surface area contributed by atoms with Crippen LogP contribution >= 0.6 is 0 Å². The summed E-state index contributed by atoms with van der Waals surface area (Å²) in [5, 5.41) is 0. The molecule has 0 radical (unpaired) electrons. The van der Waals surface area contributed by atoms with Gasteiger partial charge in [-0.1, -0.05) is 48.5 Å². The lowest BCUT2D eigenvalue weighted by atomic mass is 9.88. The van der Waals surface area contributed by atoms with Crippen molar-refractivity contribution < 1.29 is 9.53 Å². The number of hydrogen-bond donors (Lipinski definition) is 1. The number of para-hydroxylation sites is 1. The van der Waals surface area contributed by atoms with E-state index in [-0.39, 0.29) is 17.9 Å². The lowest BCUT2D eigenvalue weighted by Gasteiger charge is -2.39. The van der Waals surface area contributed by atoms with Crippen molar-refractivity contribution in [3.63, 3.8) is 0 Å². The van der Waals surface area contributed by atoms with E-state index in [1.807, 2.05) is 24.0 Å². The zero-order chi connectivity index (χ0) is 23.8. The molecule has 2 saturated heterocycles. The molecule has 0 aromatic heterocycles. The molecular formula is C28H40N4O2. The Morgan fingerprint density at radius 2 is 1.62 bits per heavy atom. The van der Waals surface area contributed by atoms with E-state index in [4.69, 9.17) is 10.5 Å². The Balaban J connectivity index is 1.19. The van der Waals surface area contributed by atoms with Crippen LogP contribution in [0.2, 0.25) is 0 Å². The molecule has 4 rings (SSSR count). The standard InChI is InChI=1S/C28H40N4O2/c1-2-34-26-11-7-6-10-25(26)22-31-18-20-32(21-19-31)28(33)27(29)24-13-16-30(17-14-24)15-12-23-8-4-3-5-9-23/h3-11,24,27H,2,12-22,29H2,1H3/t27-/m1/s1. The van der Waals surface area contributed by atoms with Crippen molar-refractivity contribution in [2.24, 2.45) is 11.7 Å². The molecule has 2 fully saturated rings. The zero-order valence-electron chi connectivity index (χ0n) is 20.6. The molecule has 2 N–H and O–H groups in total. The number of ether oxygens (including phenoxy) is 1. The highest BCUT2D eigenvalue weighted by Gasteiger charge is 2.32. The van der Waals surface area contributed by atoms with E-state index in [9.17, 15) is 4.79 Å². The molecule has 0 unspecified atom stereocenters. The predicted molar refractivity (Wildman–Crippen MR) is 137 cm³/mol. The van der Waals surface area contributed by atoms with Gasteiger partial charge in [-0.25, -0.2) is 0 Å². The van der Waals surface area contributed by atoms with Gasteiger partial charge >= 0.3 is 0 Å². The predicted octanol–water partition coefficient (Wildman–Crippen LogP) is 3.01. The molecule has 2 heterocycles. The quantitative estimate of drug-likeness (QED) is 0.618. The van der Waals surface area contributed by atoms with Crippen LogP contribution in [0, 0.1) is 5.92 Å². The molecule has 184 valence electrons. The van der Waals surface area contributed by atoms with Gasteiger partial charge in [-0.05, 0) is 56.8 Å². The highest BCUT2D eigenvalue weighted by molar-refractivity contribution is 5.82. The first-order chi connectivity index (χ1) is 16.6. The molecule has 1 atom stereocenters. The highest BCUT2D eigenvalue weighted by atomic mass is 16.5. The summed E-state index contributed by atoms with van der Waals surface area (Å²) in [6, 6.07) is 18.5. The number of benzene rings is 2. The largest absolute Gasteiger partial charge is 0.494 e. The molecule has 2 aliphatic rings. The van der Waals surface area contributed by atoms with Crippen LogP contribution in [0.15, 0.2) is 54.6 Å². The molecule has 0 aliphatic carbocycles. The minimum Gasteiger partial charge on any atom is -0.494 e. The van der Waals surface area contributed by atoms with E-state index in [0.717, 1.165) is 77.4 Å². The summed E-state index contributed by atoms with van der Waals surface area (Å²) in [6.07, 6.45) is 3.10. The number of hydrogen-bond acceptors (Lipinski definition) is 5. The summed E-state index contributed by atoms with van der Waals surface area (Å²) >= 11 is 0. The van der Waals surface area contributed by atoms with Gasteiger partial charge in [0.15, 0.2) is 0 Å². The van der Waals surface area contributed by atoms with E-state index >= 15 is 0 Å². The Morgan fingerprint density at radius 1 is 0.941 bits per heavy atom. The summed E-state index contributed by atoms with van der Waals surface area (Å²) < 4.78 is 5.77. The van der Waals surface area contributed by atoms with Gasteiger partial charge in [0, 0.05) is 44.8 Å². The van der Waals surface area contributed by atoms with Gasteiger partial charge < -0.3 is 20.3 Å². The number of nitrogens with two attached hydrogens (primary N) is 1. The molecule has 2 aromatic rings. The molecule has 0 spiro atoms. The molecular weight excluding hydrogens is 424 g/mol. The minimum absolute atomic E-state index is 0.136. The van der Waals surface area contributed by atoms with E-state index < -0.39 is 0 Å².